The minimum absolute atomic E-state index is 0.00468. The maximum atomic E-state index is 11.7. The Balaban J connectivity index is 2.15. The van der Waals surface area contributed by atoms with Crippen LogP contribution in [0.3, 0.4) is 0 Å². The third-order valence-corrected chi connectivity index (χ3v) is 3.61. The molecule has 92 valence electrons. The molecule has 1 aliphatic rings. The number of nitrogens with zero attached hydrogens (tertiary/aromatic N) is 4. The Morgan fingerprint density at radius 3 is 2.94 bits per heavy atom. The van der Waals surface area contributed by atoms with Crippen molar-refractivity contribution in [1.29, 1.82) is 0 Å². The van der Waals surface area contributed by atoms with Gasteiger partial charge in [0.05, 0.1) is 11.5 Å². The Kier molecular flexibility index (Phi) is 3.23. The van der Waals surface area contributed by atoms with Gasteiger partial charge in [0.25, 0.3) is 0 Å². The molecule has 2 rings (SSSR count). The molecule has 0 N–H and O–H groups in total. The van der Waals surface area contributed by atoms with E-state index >= 15 is 0 Å². The quantitative estimate of drug-likeness (QED) is 0.575. The van der Waals surface area contributed by atoms with E-state index in [-0.39, 0.29) is 17.5 Å². The minimum atomic E-state index is -0.465. The molecule has 1 fully saturated rings. The molecule has 1 aliphatic heterocycles. The van der Waals surface area contributed by atoms with Crippen LogP contribution >= 0.6 is 11.3 Å². The van der Waals surface area contributed by atoms with Crippen LogP contribution in [0.4, 0.5) is 10.1 Å². The maximum absolute atomic E-state index is 11.7. The van der Waals surface area contributed by atoms with E-state index in [0.29, 0.717) is 18.2 Å². The molecule has 0 bridgehead atoms. The monoisotopic (exact) mass is 256 g/mol. The number of carbonyl (C=O) groups excluding carboxylic acids is 1. The second-order valence-electron chi connectivity index (χ2n) is 3.83. The lowest BCUT2D eigenvalue weighted by Gasteiger charge is -2.17. The van der Waals surface area contributed by atoms with Crippen LogP contribution in [0.5, 0.6) is 0 Å². The predicted molar refractivity (Wildman–Crippen MR) is 63.2 cm³/mol. The number of thiazole rings is 1. The first kappa shape index (κ1) is 11.8. The Bertz CT molecular complexity index is 447. The van der Waals surface area contributed by atoms with Gasteiger partial charge in [0.1, 0.15) is 6.20 Å². The van der Waals surface area contributed by atoms with Gasteiger partial charge in [-0.15, -0.1) is 0 Å². The summed E-state index contributed by atoms with van der Waals surface area (Å²) in [4.78, 5) is 29.2. The average molecular weight is 256 g/mol. The highest BCUT2D eigenvalue weighted by atomic mass is 32.1. The summed E-state index contributed by atoms with van der Waals surface area (Å²) in [6, 6.07) is 0. The molecule has 17 heavy (non-hydrogen) atoms. The van der Waals surface area contributed by atoms with Gasteiger partial charge in [0, 0.05) is 20.1 Å². The molecule has 0 saturated carbocycles. The zero-order chi connectivity index (χ0) is 12.4. The molecule has 0 radical (unpaired) electrons. The largest absolute Gasteiger partial charge is 0.345 e. The average Bonchev–Trinajstić information content (AvgIpc) is 2.70. The van der Waals surface area contributed by atoms with E-state index in [1.54, 1.807) is 16.8 Å². The first-order valence-electron chi connectivity index (χ1n) is 5.17. The standard InChI is InChI=1S/C9H12N4O3S/c1-11-3-2-4-12(6-7(11)14)9-10-5-8(17-9)13(15)16/h5H,2-4,6H2,1H3. The zero-order valence-electron chi connectivity index (χ0n) is 9.33. The SMILES string of the molecule is CN1CCCN(c2ncc([N+](=O)[O-])s2)CC1=O. The van der Waals surface area contributed by atoms with E-state index in [0.717, 1.165) is 17.8 Å². The van der Waals surface area contributed by atoms with Gasteiger partial charge < -0.3 is 9.80 Å². The first-order chi connectivity index (χ1) is 8.08. The molecule has 1 saturated heterocycles. The number of anilines is 1. The Labute approximate surface area is 102 Å². The topological polar surface area (TPSA) is 79.6 Å². The van der Waals surface area contributed by atoms with Crippen molar-refractivity contribution >= 4 is 27.4 Å². The summed E-state index contributed by atoms with van der Waals surface area (Å²) < 4.78 is 0. The summed E-state index contributed by atoms with van der Waals surface area (Å²) in [6.07, 6.45) is 2.08. The predicted octanol–water partition coefficient (Wildman–Crippen LogP) is 0.720. The molecule has 0 atom stereocenters. The van der Waals surface area contributed by atoms with Crippen LogP contribution in [0.15, 0.2) is 6.20 Å². The van der Waals surface area contributed by atoms with Crippen LogP contribution in [0.2, 0.25) is 0 Å². The fourth-order valence-electron chi connectivity index (χ4n) is 1.64. The summed E-state index contributed by atoms with van der Waals surface area (Å²) in [6.45, 7) is 1.64. The van der Waals surface area contributed by atoms with Crippen LogP contribution in [0.1, 0.15) is 6.42 Å². The second-order valence-corrected chi connectivity index (χ2v) is 4.82. The van der Waals surface area contributed by atoms with Crippen LogP contribution in [-0.2, 0) is 4.79 Å². The molecule has 8 heteroatoms. The van der Waals surface area contributed by atoms with Gasteiger partial charge in [0.2, 0.25) is 5.91 Å². The molecule has 0 unspecified atom stereocenters. The van der Waals surface area contributed by atoms with Crippen molar-refractivity contribution in [3.8, 4) is 0 Å². The van der Waals surface area contributed by atoms with Gasteiger partial charge >= 0.3 is 5.00 Å². The highest BCUT2D eigenvalue weighted by Crippen LogP contribution is 2.28. The van der Waals surface area contributed by atoms with Crippen LogP contribution in [0.25, 0.3) is 0 Å². The molecule has 0 aliphatic carbocycles. The molecule has 1 aromatic rings. The lowest BCUT2D eigenvalue weighted by atomic mass is 10.4. The van der Waals surface area contributed by atoms with E-state index < -0.39 is 4.92 Å². The van der Waals surface area contributed by atoms with Crippen molar-refractivity contribution in [3.05, 3.63) is 16.3 Å². The summed E-state index contributed by atoms with van der Waals surface area (Å²) in [5.74, 6) is 0.0142. The van der Waals surface area contributed by atoms with Crippen molar-refractivity contribution in [1.82, 2.24) is 9.88 Å². The van der Waals surface area contributed by atoms with E-state index in [1.165, 1.54) is 6.20 Å². The normalized spacial score (nSPS) is 17.1. The van der Waals surface area contributed by atoms with Gasteiger partial charge in [-0.2, -0.15) is 0 Å². The summed E-state index contributed by atoms with van der Waals surface area (Å²) >= 11 is 1.01. The Hall–Kier alpha value is -1.70. The number of likely N-dealkylation sites (N-methyl/N-ethyl adjacent to an activating group) is 1. The first-order valence-corrected chi connectivity index (χ1v) is 5.98. The third kappa shape index (κ3) is 2.52. The highest BCUT2D eigenvalue weighted by molar-refractivity contribution is 7.18. The van der Waals surface area contributed by atoms with Gasteiger partial charge in [-0.25, -0.2) is 4.98 Å². The molecule has 1 amide bonds. The van der Waals surface area contributed by atoms with Crippen molar-refractivity contribution in [2.45, 2.75) is 6.42 Å². The fourth-order valence-corrected chi connectivity index (χ4v) is 2.39. The Morgan fingerprint density at radius 1 is 1.53 bits per heavy atom. The molecule has 0 aromatic carbocycles. The fraction of sp³-hybridized carbons (Fsp3) is 0.556. The highest BCUT2D eigenvalue weighted by Gasteiger charge is 2.23. The molecular weight excluding hydrogens is 244 g/mol. The number of amides is 1. The van der Waals surface area contributed by atoms with Gasteiger partial charge in [-0.1, -0.05) is 0 Å². The number of hydrogen-bond donors (Lipinski definition) is 0. The number of nitro groups is 1. The number of hydrogen-bond acceptors (Lipinski definition) is 6. The van der Waals surface area contributed by atoms with Crippen molar-refractivity contribution in [2.24, 2.45) is 0 Å². The van der Waals surface area contributed by atoms with Crippen LogP contribution in [-0.4, -0.2) is 47.4 Å². The molecule has 0 spiro atoms. The Morgan fingerprint density at radius 2 is 2.29 bits per heavy atom. The number of aromatic nitrogens is 1. The molecule has 7 nitrogen and oxygen atoms in total. The summed E-state index contributed by atoms with van der Waals surface area (Å²) in [7, 11) is 1.76. The van der Waals surface area contributed by atoms with Crippen molar-refractivity contribution in [3.63, 3.8) is 0 Å². The lowest BCUT2D eigenvalue weighted by molar-refractivity contribution is -0.380. The minimum Gasteiger partial charge on any atom is -0.344 e. The maximum Gasteiger partial charge on any atom is 0.345 e. The van der Waals surface area contributed by atoms with Crippen LogP contribution < -0.4 is 4.90 Å². The molecule has 1 aromatic heterocycles. The number of rotatable bonds is 2. The third-order valence-electron chi connectivity index (χ3n) is 2.61. The molecule has 2 heterocycles. The van der Waals surface area contributed by atoms with E-state index in [4.69, 9.17) is 0 Å². The summed E-state index contributed by atoms with van der Waals surface area (Å²) in [5.41, 5.74) is 0. The lowest BCUT2D eigenvalue weighted by Crippen LogP contribution is -2.34. The zero-order valence-corrected chi connectivity index (χ0v) is 10.1. The number of carbonyl (C=O) groups is 1. The van der Waals surface area contributed by atoms with Crippen LogP contribution in [0, 0.1) is 10.1 Å². The van der Waals surface area contributed by atoms with E-state index in [2.05, 4.69) is 4.98 Å². The summed E-state index contributed by atoms with van der Waals surface area (Å²) in [5, 5.41) is 11.1. The van der Waals surface area contributed by atoms with Gasteiger partial charge in [-0.05, 0) is 17.8 Å². The second kappa shape index (κ2) is 4.66. The van der Waals surface area contributed by atoms with Crippen molar-refractivity contribution < 1.29 is 9.72 Å². The van der Waals surface area contributed by atoms with Crippen molar-refractivity contribution in [2.75, 3.05) is 31.6 Å². The van der Waals surface area contributed by atoms with Gasteiger partial charge in [-0.3, -0.25) is 14.9 Å². The molecular formula is C9H12N4O3S. The van der Waals surface area contributed by atoms with E-state index in [9.17, 15) is 14.9 Å². The van der Waals surface area contributed by atoms with E-state index in [1.807, 2.05) is 0 Å². The van der Waals surface area contributed by atoms with Gasteiger partial charge in [0.15, 0.2) is 5.13 Å². The smallest absolute Gasteiger partial charge is 0.344 e.